The number of benzene rings is 3. The van der Waals surface area contributed by atoms with Crippen molar-refractivity contribution < 1.29 is 22.7 Å². The number of amides is 1. The van der Waals surface area contributed by atoms with Crippen molar-refractivity contribution in [2.24, 2.45) is 0 Å². The topological polar surface area (TPSA) is 110 Å². The number of fused-ring (bicyclic) bond motifs is 2. The summed E-state index contributed by atoms with van der Waals surface area (Å²) in [5, 5.41) is 3.98. The largest absolute Gasteiger partial charge is 0.454 e. The lowest BCUT2D eigenvalue weighted by atomic mass is 10.1. The van der Waals surface area contributed by atoms with Gasteiger partial charge in [0.1, 0.15) is 0 Å². The average Bonchev–Trinajstić information content (AvgIpc) is 3.46. The third kappa shape index (κ3) is 4.35. The van der Waals surface area contributed by atoms with Crippen LogP contribution in [-0.2, 0) is 16.4 Å². The Balaban J connectivity index is 1.25. The van der Waals surface area contributed by atoms with Crippen LogP contribution in [0.4, 0.5) is 5.69 Å². The molecule has 33 heavy (non-hydrogen) atoms. The third-order valence-electron chi connectivity index (χ3n) is 5.39. The van der Waals surface area contributed by atoms with Gasteiger partial charge in [-0.3, -0.25) is 9.52 Å². The first kappa shape index (κ1) is 20.9. The second kappa shape index (κ2) is 8.51. The van der Waals surface area contributed by atoms with Gasteiger partial charge in [-0.05, 0) is 48.4 Å². The van der Waals surface area contributed by atoms with Crippen LogP contribution in [-0.4, -0.2) is 32.6 Å². The number of H-pyrrole nitrogens is 1. The van der Waals surface area contributed by atoms with Crippen molar-refractivity contribution >= 4 is 32.5 Å². The predicted molar refractivity (Wildman–Crippen MR) is 124 cm³/mol. The molecular weight excluding hydrogens is 442 g/mol. The number of aromatic amines is 1. The van der Waals surface area contributed by atoms with E-state index in [0.717, 1.165) is 16.5 Å². The molecule has 5 rings (SSSR count). The van der Waals surface area contributed by atoms with Crippen molar-refractivity contribution in [2.45, 2.75) is 11.3 Å². The Morgan fingerprint density at radius 2 is 1.82 bits per heavy atom. The number of ether oxygens (including phenoxy) is 2. The summed E-state index contributed by atoms with van der Waals surface area (Å²) >= 11 is 0. The first-order valence-corrected chi connectivity index (χ1v) is 11.8. The lowest BCUT2D eigenvalue weighted by Crippen LogP contribution is -2.26. The van der Waals surface area contributed by atoms with Crippen molar-refractivity contribution in [1.29, 1.82) is 0 Å². The smallest absolute Gasteiger partial charge is 0.261 e. The number of hydrogen-bond donors (Lipinski definition) is 3. The molecule has 1 aliphatic heterocycles. The molecule has 3 N–H and O–H groups in total. The van der Waals surface area contributed by atoms with Gasteiger partial charge < -0.3 is 19.8 Å². The zero-order chi connectivity index (χ0) is 22.8. The molecule has 0 atom stereocenters. The molecule has 0 aliphatic carbocycles. The molecule has 1 amide bonds. The molecule has 9 heteroatoms. The van der Waals surface area contributed by atoms with Gasteiger partial charge in [-0.2, -0.15) is 0 Å². The van der Waals surface area contributed by atoms with E-state index < -0.39 is 10.0 Å². The lowest BCUT2D eigenvalue weighted by molar-refractivity contribution is 0.0954. The van der Waals surface area contributed by atoms with E-state index in [0.29, 0.717) is 30.2 Å². The summed E-state index contributed by atoms with van der Waals surface area (Å²) in [6.07, 6.45) is 2.59. The Kier molecular flexibility index (Phi) is 5.39. The highest BCUT2D eigenvalue weighted by molar-refractivity contribution is 7.92. The van der Waals surface area contributed by atoms with Crippen LogP contribution in [0.5, 0.6) is 11.5 Å². The molecule has 0 bridgehead atoms. The van der Waals surface area contributed by atoms with E-state index in [9.17, 15) is 13.2 Å². The number of hydrogen-bond acceptors (Lipinski definition) is 5. The Labute approximate surface area is 190 Å². The van der Waals surface area contributed by atoms with Gasteiger partial charge in [-0.25, -0.2) is 8.42 Å². The van der Waals surface area contributed by atoms with Gasteiger partial charge in [-0.1, -0.05) is 24.3 Å². The monoisotopic (exact) mass is 463 g/mol. The van der Waals surface area contributed by atoms with Crippen LogP contribution < -0.4 is 19.5 Å². The Bertz CT molecular complexity index is 1450. The zero-order valence-electron chi connectivity index (χ0n) is 17.5. The van der Waals surface area contributed by atoms with Crippen molar-refractivity contribution in [2.75, 3.05) is 18.1 Å². The summed E-state index contributed by atoms with van der Waals surface area (Å²) in [7, 11) is -3.90. The highest BCUT2D eigenvalue weighted by atomic mass is 32.2. The Hall–Kier alpha value is -3.98. The van der Waals surface area contributed by atoms with Gasteiger partial charge in [0.05, 0.1) is 10.6 Å². The van der Waals surface area contributed by atoms with Gasteiger partial charge in [0.25, 0.3) is 15.9 Å². The van der Waals surface area contributed by atoms with Crippen molar-refractivity contribution in [3.05, 3.63) is 84.1 Å². The van der Waals surface area contributed by atoms with E-state index in [1.54, 1.807) is 30.3 Å². The van der Waals surface area contributed by atoms with Gasteiger partial charge in [0.15, 0.2) is 11.5 Å². The van der Waals surface area contributed by atoms with E-state index in [4.69, 9.17) is 9.47 Å². The first-order chi connectivity index (χ1) is 16.0. The summed E-state index contributed by atoms with van der Waals surface area (Å²) in [4.78, 5) is 15.8. The summed E-state index contributed by atoms with van der Waals surface area (Å²) in [5.74, 6) is 0.692. The summed E-state index contributed by atoms with van der Waals surface area (Å²) in [6, 6.07) is 18.7. The molecule has 0 unspecified atom stereocenters. The molecule has 3 aromatic carbocycles. The van der Waals surface area contributed by atoms with Crippen molar-refractivity contribution in [1.82, 2.24) is 10.3 Å². The minimum absolute atomic E-state index is 0.00977. The predicted octanol–water partition coefficient (Wildman–Crippen LogP) is 3.67. The molecule has 0 radical (unpaired) electrons. The maximum absolute atomic E-state index is 12.9. The maximum atomic E-state index is 12.9. The minimum atomic E-state index is -3.90. The number of rotatable bonds is 7. The van der Waals surface area contributed by atoms with Crippen LogP contribution >= 0.6 is 0 Å². The van der Waals surface area contributed by atoms with E-state index >= 15 is 0 Å². The van der Waals surface area contributed by atoms with Gasteiger partial charge in [0, 0.05) is 35.3 Å². The molecule has 2 heterocycles. The maximum Gasteiger partial charge on any atom is 0.261 e. The van der Waals surface area contributed by atoms with E-state index in [1.165, 1.54) is 12.1 Å². The fraction of sp³-hybridized carbons (Fsp3) is 0.125. The second-order valence-electron chi connectivity index (χ2n) is 7.57. The molecule has 0 saturated carbocycles. The van der Waals surface area contributed by atoms with Crippen LogP contribution in [0.2, 0.25) is 0 Å². The Morgan fingerprint density at radius 3 is 2.73 bits per heavy atom. The normalized spacial score (nSPS) is 12.6. The molecule has 0 fully saturated rings. The zero-order valence-corrected chi connectivity index (χ0v) is 18.3. The number of carbonyl (C=O) groups is 1. The number of carbonyl (C=O) groups excluding carboxylic acids is 1. The number of sulfonamides is 1. The third-order valence-corrected chi connectivity index (χ3v) is 6.77. The minimum Gasteiger partial charge on any atom is -0.454 e. The van der Waals surface area contributed by atoms with Crippen LogP contribution in [0.1, 0.15) is 15.9 Å². The van der Waals surface area contributed by atoms with E-state index in [1.807, 2.05) is 30.5 Å². The molecular formula is C24H21N3O5S. The van der Waals surface area contributed by atoms with Gasteiger partial charge >= 0.3 is 0 Å². The van der Waals surface area contributed by atoms with E-state index in [-0.39, 0.29) is 23.2 Å². The van der Waals surface area contributed by atoms with Gasteiger partial charge in [-0.15, -0.1) is 0 Å². The summed E-state index contributed by atoms with van der Waals surface area (Å²) < 4.78 is 38.7. The molecule has 8 nitrogen and oxygen atoms in total. The molecule has 4 aromatic rings. The number of nitrogens with one attached hydrogen (secondary N) is 3. The molecule has 0 saturated heterocycles. The average molecular weight is 464 g/mol. The summed E-state index contributed by atoms with van der Waals surface area (Å²) in [5.41, 5.74) is 2.76. The summed E-state index contributed by atoms with van der Waals surface area (Å²) in [6.45, 7) is 0.524. The van der Waals surface area contributed by atoms with Crippen LogP contribution in [0.15, 0.2) is 77.8 Å². The van der Waals surface area contributed by atoms with Crippen molar-refractivity contribution in [3.63, 3.8) is 0 Å². The van der Waals surface area contributed by atoms with Gasteiger partial charge in [0.2, 0.25) is 6.79 Å². The van der Waals surface area contributed by atoms with Crippen LogP contribution in [0, 0.1) is 0 Å². The number of para-hydroxylation sites is 1. The SMILES string of the molecule is O=C(NCCc1c[nH]c2ccccc12)c1cccc(S(=O)(=O)Nc2ccc3c(c2)OCO3)c1. The van der Waals surface area contributed by atoms with Crippen LogP contribution in [0.25, 0.3) is 10.9 Å². The molecule has 0 spiro atoms. The fourth-order valence-electron chi connectivity index (χ4n) is 3.73. The fourth-order valence-corrected chi connectivity index (χ4v) is 4.82. The van der Waals surface area contributed by atoms with E-state index in [2.05, 4.69) is 15.0 Å². The molecule has 1 aromatic heterocycles. The highest BCUT2D eigenvalue weighted by Crippen LogP contribution is 2.34. The molecule has 1 aliphatic rings. The Morgan fingerprint density at radius 1 is 0.970 bits per heavy atom. The number of aromatic nitrogens is 1. The molecule has 168 valence electrons. The quantitative estimate of drug-likeness (QED) is 0.387. The lowest BCUT2D eigenvalue weighted by Gasteiger charge is -2.10. The first-order valence-electron chi connectivity index (χ1n) is 10.4. The standard InChI is InChI=1S/C24H21N3O5S/c28-24(25-11-10-17-14-26-21-7-2-1-6-20(17)21)16-4-3-5-19(12-16)33(29,30)27-18-8-9-22-23(13-18)32-15-31-22/h1-9,12-14,26-27H,10-11,15H2,(H,25,28). The van der Waals surface area contributed by atoms with Crippen LogP contribution in [0.3, 0.4) is 0 Å². The van der Waals surface area contributed by atoms with Crippen molar-refractivity contribution in [3.8, 4) is 11.5 Å². The number of anilines is 1. The second-order valence-corrected chi connectivity index (χ2v) is 9.25. The highest BCUT2D eigenvalue weighted by Gasteiger charge is 2.19.